The number of halogens is 12. The highest BCUT2D eigenvalue weighted by molar-refractivity contribution is 7.74. The Balaban J connectivity index is 1.76. The lowest BCUT2D eigenvalue weighted by atomic mass is 9.89. The number of alkyl halides is 12. The monoisotopic (exact) mass is 824 g/mol. The second-order valence-electron chi connectivity index (χ2n) is 12.1. The molecule has 16 heteroatoms. The van der Waals surface area contributed by atoms with Crippen LogP contribution in [0, 0.1) is 0 Å². The van der Waals surface area contributed by atoms with Gasteiger partial charge in [0.15, 0.2) is 0 Å². The van der Waals surface area contributed by atoms with Crippen LogP contribution in [0.4, 0.5) is 64.1 Å². The molecule has 0 unspecified atom stereocenters. The van der Waals surface area contributed by atoms with Crippen molar-refractivity contribution in [2.75, 3.05) is 10.2 Å². The fourth-order valence-corrected chi connectivity index (χ4v) is 9.71. The minimum Gasteiger partial charge on any atom is -0.356 e. The van der Waals surface area contributed by atoms with Crippen molar-refractivity contribution in [2.24, 2.45) is 0 Å². The van der Waals surface area contributed by atoms with Crippen molar-refractivity contribution in [3.05, 3.63) is 168 Å². The van der Waals surface area contributed by atoms with Crippen LogP contribution >= 0.6 is 16.1 Å². The van der Waals surface area contributed by atoms with E-state index in [4.69, 9.17) is 0 Å². The maximum Gasteiger partial charge on any atom is 0.417 e. The Hall–Kier alpha value is -5.06. The standard InChI is InChI=1S/C40H26F12N2P2/c41-37(42,43)25-21-31(39(47,48)49)35(33(23-25)53-55(27-13-5-1-6-14-27)28-15-7-2-8-16-28)36-32(40(50,51)52)22-26(38(44,45)46)24-34(36)54-56(29-17-9-3-10-18-29)30-19-11-4-12-20-30/h1-24,53-54H. The van der Waals surface area contributed by atoms with Gasteiger partial charge in [-0.25, -0.2) is 0 Å². The highest BCUT2D eigenvalue weighted by atomic mass is 31.1. The zero-order valence-corrected chi connectivity index (χ0v) is 30.1. The van der Waals surface area contributed by atoms with E-state index in [1.807, 2.05) is 0 Å². The van der Waals surface area contributed by atoms with Gasteiger partial charge in [-0.05, 0) is 24.3 Å². The van der Waals surface area contributed by atoms with Crippen LogP contribution in [-0.2, 0) is 24.7 Å². The first-order chi connectivity index (χ1) is 26.3. The fourth-order valence-electron chi connectivity index (χ4n) is 5.88. The first-order valence-corrected chi connectivity index (χ1v) is 19.0. The molecule has 2 nitrogen and oxygen atoms in total. The molecule has 56 heavy (non-hydrogen) atoms. The van der Waals surface area contributed by atoms with Crippen LogP contribution in [0.25, 0.3) is 11.1 Å². The molecule has 6 aromatic carbocycles. The normalized spacial score (nSPS) is 12.6. The molecule has 0 amide bonds. The van der Waals surface area contributed by atoms with Crippen LogP contribution in [0.15, 0.2) is 146 Å². The molecule has 0 bridgehead atoms. The summed E-state index contributed by atoms with van der Waals surface area (Å²) < 4.78 is 178. The summed E-state index contributed by atoms with van der Waals surface area (Å²) in [6.07, 6.45) is -22.4. The minimum atomic E-state index is -5.75. The summed E-state index contributed by atoms with van der Waals surface area (Å²) in [4.78, 5) is 0. The third-order valence-electron chi connectivity index (χ3n) is 8.31. The van der Waals surface area contributed by atoms with E-state index in [1.165, 1.54) is 48.5 Å². The molecule has 290 valence electrons. The van der Waals surface area contributed by atoms with Crippen LogP contribution in [0.1, 0.15) is 22.3 Å². The molecule has 0 atom stereocenters. The van der Waals surface area contributed by atoms with Gasteiger partial charge < -0.3 is 10.2 Å². The van der Waals surface area contributed by atoms with Gasteiger partial charge >= 0.3 is 24.7 Å². The van der Waals surface area contributed by atoms with Crippen LogP contribution < -0.4 is 31.4 Å². The van der Waals surface area contributed by atoms with E-state index in [0.717, 1.165) is 0 Å². The number of rotatable bonds is 9. The van der Waals surface area contributed by atoms with Gasteiger partial charge in [-0.2, -0.15) is 52.7 Å². The summed E-state index contributed by atoms with van der Waals surface area (Å²) in [6, 6.07) is 30.9. The number of hydrogen-bond donors (Lipinski definition) is 2. The van der Waals surface area contributed by atoms with E-state index in [1.54, 1.807) is 72.8 Å². The Morgan fingerprint density at radius 2 is 0.571 bits per heavy atom. The molecule has 0 heterocycles. The average Bonchev–Trinajstić information content (AvgIpc) is 3.15. The topological polar surface area (TPSA) is 24.1 Å². The van der Waals surface area contributed by atoms with Gasteiger partial charge in [0.25, 0.3) is 0 Å². The number of hydrogen-bond acceptors (Lipinski definition) is 2. The zero-order chi connectivity index (χ0) is 40.5. The van der Waals surface area contributed by atoms with Gasteiger partial charge in [-0.15, -0.1) is 0 Å². The third kappa shape index (κ3) is 9.14. The van der Waals surface area contributed by atoms with Gasteiger partial charge in [0.2, 0.25) is 0 Å². The lowest BCUT2D eigenvalue weighted by Gasteiger charge is -2.30. The molecule has 0 saturated heterocycles. The summed E-state index contributed by atoms with van der Waals surface area (Å²) in [5.41, 5.74) is -12.9. The molecular formula is C40H26F12N2P2. The fraction of sp³-hybridized carbons (Fsp3) is 0.100. The molecular weight excluding hydrogens is 798 g/mol. The Morgan fingerprint density at radius 3 is 0.786 bits per heavy atom. The molecule has 6 rings (SSSR count). The van der Waals surface area contributed by atoms with Crippen molar-refractivity contribution in [1.82, 2.24) is 0 Å². The van der Waals surface area contributed by atoms with Crippen LogP contribution in [0.5, 0.6) is 0 Å². The van der Waals surface area contributed by atoms with Gasteiger partial charge in [-0.3, -0.25) is 0 Å². The van der Waals surface area contributed by atoms with E-state index in [-0.39, 0.29) is 24.3 Å². The minimum absolute atomic E-state index is 0.255. The maximum absolute atomic E-state index is 15.2. The summed E-state index contributed by atoms with van der Waals surface area (Å²) in [6.45, 7) is 0. The smallest absolute Gasteiger partial charge is 0.356 e. The number of nitrogens with one attached hydrogen (secondary N) is 2. The van der Waals surface area contributed by atoms with Crippen molar-refractivity contribution in [2.45, 2.75) is 24.7 Å². The van der Waals surface area contributed by atoms with Crippen LogP contribution in [-0.4, -0.2) is 0 Å². The van der Waals surface area contributed by atoms with Crippen molar-refractivity contribution >= 4 is 48.7 Å². The Bertz CT molecular complexity index is 2020. The summed E-state index contributed by atoms with van der Waals surface area (Å²) in [7, 11) is -4.31. The summed E-state index contributed by atoms with van der Waals surface area (Å²) in [5.74, 6) is 0. The van der Waals surface area contributed by atoms with E-state index in [2.05, 4.69) is 10.2 Å². The van der Waals surface area contributed by atoms with Crippen molar-refractivity contribution < 1.29 is 52.7 Å². The van der Waals surface area contributed by atoms with Gasteiger partial charge in [0.1, 0.15) is 0 Å². The quantitative estimate of drug-likeness (QED) is 0.112. The SMILES string of the molecule is FC(F)(F)c1cc(NP(c2ccccc2)c2ccccc2)c(-c2c(NP(c3ccccc3)c3ccccc3)cc(C(F)(F)F)cc2C(F)(F)F)c(C(F)(F)F)c1. The Morgan fingerprint density at radius 1 is 0.321 bits per heavy atom. The van der Waals surface area contributed by atoms with Crippen LogP contribution in [0.2, 0.25) is 0 Å². The van der Waals surface area contributed by atoms with E-state index >= 15 is 26.3 Å². The van der Waals surface area contributed by atoms with E-state index < -0.39 is 85.6 Å². The van der Waals surface area contributed by atoms with Gasteiger partial charge in [-0.1, -0.05) is 121 Å². The Kier molecular flexibility index (Phi) is 11.5. The average molecular weight is 825 g/mol. The van der Waals surface area contributed by atoms with Crippen molar-refractivity contribution in [3.8, 4) is 11.1 Å². The molecule has 0 fully saturated rings. The third-order valence-corrected chi connectivity index (χ3v) is 12.5. The van der Waals surface area contributed by atoms with Gasteiger partial charge in [0.05, 0.1) is 38.4 Å². The molecule has 0 aliphatic carbocycles. The van der Waals surface area contributed by atoms with Crippen molar-refractivity contribution in [1.29, 1.82) is 0 Å². The zero-order valence-electron chi connectivity index (χ0n) is 28.3. The highest BCUT2D eigenvalue weighted by Gasteiger charge is 2.45. The number of anilines is 2. The second kappa shape index (κ2) is 15.8. The Labute approximate surface area is 314 Å². The largest absolute Gasteiger partial charge is 0.417 e. The second-order valence-corrected chi connectivity index (χ2v) is 16.0. The molecule has 0 radical (unpaired) electrons. The first kappa shape index (κ1) is 40.6. The molecule has 0 spiro atoms. The lowest BCUT2D eigenvalue weighted by Crippen LogP contribution is -2.22. The predicted octanol–water partition coefficient (Wildman–Crippen LogP) is 12.3. The van der Waals surface area contributed by atoms with Gasteiger partial charge in [0, 0.05) is 43.7 Å². The molecule has 0 saturated carbocycles. The molecule has 0 aromatic heterocycles. The highest BCUT2D eigenvalue weighted by Crippen LogP contribution is 2.55. The van der Waals surface area contributed by atoms with E-state index in [9.17, 15) is 26.3 Å². The number of benzene rings is 6. The summed E-state index contributed by atoms with van der Waals surface area (Å²) in [5, 5.41) is 6.91. The summed E-state index contributed by atoms with van der Waals surface area (Å²) >= 11 is 0. The van der Waals surface area contributed by atoms with Crippen molar-refractivity contribution in [3.63, 3.8) is 0 Å². The molecule has 2 N–H and O–H groups in total. The van der Waals surface area contributed by atoms with E-state index in [0.29, 0.717) is 21.2 Å². The first-order valence-electron chi connectivity index (χ1n) is 16.3. The lowest BCUT2D eigenvalue weighted by molar-refractivity contribution is -0.145. The van der Waals surface area contributed by atoms with Crippen LogP contribution in [0.3, 0.4) is 0 Å². The maximum atomic E-state index is 15.2. The molecule has 0 aliphatic heterocycles. The predicted molar refractivity (Wildman–Crippen MR) is 197 cm³/mol. The molecule has 0 aliphatic rings. The molecule has 6 aromatic rings.